The third kappa shape index (κ3) is 1.78. The number of rotatable bonds is 3. The minimum atomic E-state index is -1.76. The number of nitrogens with zero attached hydrogens (tertiary/aromatic N) is 1. The van der Waals surface area contributed by atoms with Crippen LogP contribution in [0.2, 0.25) is 0 Å². The smallest absolute Gasteiger partial charge is 0.313 e. The summed E-state index contributed by atoms with van der Waals surface area (Å²) in [6.45, 7) is 0. The fraction of sp³-hybridized carbons (Fsp3) is 0.400. The van der Waals surface area contributed by atoms with Gasteiger partial charge in [0.15, 0.2) is 0 Å². The number of fused-ring (bicyclic) bond motifs is 3. The average molecular weight is 304 g/mol. The maximum absolute atomic E-state index is 12.5. The molecule has 0 unspecified atom stereocenters. The number of hydrogen-bond acceptors (Lipinski definition) is 5. The molecule has 0 radical (unpaired) electrons. The number of ether oxygens (including phenoxy) is 2. The van der Waals surface area contributed by atoms with E-state index in [2.05, 4.69) is 5.32 Å². The molecule has 7 heteroatoms. The van der Waals surface area contributed by atoms with Crippen LogP contribution in [0.5, 0.6) is 0 Å². The maximum atomic E-state index is 12.5. The molecular formula is C15H16N2O5. The molecule has 116 valence electrons. The monoisotopic (exact) mass is 304 g/mol. The number of hydrogen-bond donors (Lipinski definition) is 1. The number of nitro groups is 1. The van der Waals surface area contributed by atoms with Gasteiger partial charge in [0.05, 0.1) is 26.6 Å². The molecule has 1 amide bonds. The topological polar surface area (TPSA) is 90.7 Å². The first-order valence-electron chi connectivity index (χ1n) is 6.89. The molecule has 0 saturated heterocycles. The highest BCUT2D eigenvalue weighted by molar-refractivity contribution is 6.01. The Labute approximate surface area is 127 Å². The van der Waals surface area contributed by atoms with Crippen molar-refractivity contribution in [3.8, 4) is 0 Å². The number of methoxy groups -OCH3 is 2. The van der Waals surface area contributed by atoms with E-state index in [1.807, 2.05) is 12.1 Å². The number of carbonyl (C=O) groups excluding carboxylic acids is 1. The molecule has 1 heterocycles. The van der Waals surface area contributed by atoms with Gasteiger partial charge in [-0.15, -0.1) is 0 Å². The first-order valence-corrected chi connectivity index (χ1v) is 6.89. The molecule has 0 fully saturated rings. The minimum Gasteiger partial charge on any atom is -0.498 e. The summed E-state index contributed by atoms with van der Waals surface area (Å²) in [6, 6.07) is 7.15. The van der Waals surface area contributed by atoms with Crippen molar-refractivity contribution in [2.24, 2.45) is 0 Å². The van der Waals surface area contributed by atoms with E-state index in [0.29, 0.717) is 17.2 Å². The second-order valence-electron chi connectivity index (χ2n) is 5.41. The highest BCUT2D eigenvalue weighted by Crippen LogP contribution is 2.50. The molecule has 0 spiro atoms. The van der Waals surface area contributed by atoms with E-state index in [-0.39, 0.29) is 12.8 Å². The molecule has 1 N–H and O–H groups in total. The van der Waals surface area contributed by atoms with Crippen molar-refractivity contribution in [1.29, 1.82) is 0 Å². The van der Waals surface area contributed by atoms with Gasteiger partial charge in [0.2, 0.25) is 0 Å². The zero-order valence-electron chi connectivity index (χ0n) is 12.3. The summed E-state index contributed by atoms with van der Waals surface area (Å²) in [4.78, 5) is 23.9. The van der Waals surface area contributed by atoms with Crippen molar-refractivity contribution in [1.82, 2.24) is 0 Å². The lowest BCUT2D eigenvalue weighted by molar-refractivity contribution is -0.558. The number of nitrogens with one attached hydrogen (secondary N) is 1. The van der Waals surface area contributed by atoms with Crippen molar-refractivity contribution < 1.29 is 19.2 Å². The van der Waals surface area contributed by atoms with E-state index < -0.39 is 22.3 Å². The van der Waals surface area contributed by atoms with Crippen LogP contribution in [-0.2, 0) is 14.3 Å². The van der Waals surface area contributed by atoms with Gasteiger partial charge in [0, 0.05) is 17.0 Å². The quantitative estimate of drug-likeness (QED) is 0.681. The van der Waals surface area contributed by atoms with Gasteiger partial charge < -0.3 is 14.8 Å². The fourth-order valence-electron chi connectivity index (χ4n) is 3.34. The number of allylic oxidation sites excluding steroid dienone is 1. The molecule has 2 aliphatic rings. The number of benzene rings is 1. The van der Waals surface area contributed by atoms with E-state index in [1.165, 1.54) is 14.2 Å². The van der Waals surface area contributed by atoms with Crippen molar-refractivity contribution in [3.05, 3.63) is 51.5 Å². The Hall–Kier alpha value is -2.57. The van der Waals surface area contributed by atoms with Gasteiger partial charge >= 0.3 is 11.4 Å². The van der Waals surface area contributed by atoms with Gasteiger partial charge in [-0.3, -0.25) is 14.9 Å². The van der Waals surface area contributed by atoms with Gasteiger partial charge in [0.1, 0.15) is 11.5 Å². The van der Waals surface area contributed by atoms with E-state index in [1.54, 1.807) is 12.1 Å². The Morgan fingerprint density at radius 1 is 1.27 bits per heavy atom. The summed E-state index contributed by atoms with van der Waals surface area (Å²) in [5.41, 5.74) is -0.392. The summed E-state index contributed by atoms with van der Waals surface area (Å²) >= 11 is 0. The van der Waals surface area contributed by atoms with Gasteiger partial charge in [-0.2, -0.15) is 0 Å². The van der Waals surface area contributed by atoms with Crippen LogP contribution in [0.4, 0.5) is 5.69 Å². The number of amides is 1. The fourth-order valence-corrected chi connectivity index (χ4v) is 3.34. The number of para-hydroxylation sites is 1. The Bertz CT molecular complexity index is 684. The lowest BCUT2D eigenvalue weighted by atomic mass is 9.68. The van der Waals surface area contributed by atoms with E-state index in [9.17, 15) is 14.9 Å². The maximum Gasteiger partial charge on any atom is 0.313 e. The van der Waals surface area contributed by atoms with Gasteiger partial charge in [-0.05, 0) is 11.6 Å². The van der Waals surface area contributed by atoms with Gasteiger partial charge in [-0.1, -0.05) is 18.2 Å². The molecule has 0 bridgehead atoms. The molecule has 0 aromatic heterocycles. The van der Waals surface area contributed by atoms with Crippen molar-refractivity contribution >= 4 is 11.6 Å². The lowest BCUT2D eigenvalue weighted by Crippen LogP contribution is -2.58. The normalized spacial score (nSPS) is 26.6. The lowest BCUT2D eigenvalue weighted by Gasteiger charge is -2.40. The predicted octanol–water partition coefficient (Wildman–Crippen LogP) is 2.04. The molecule has 0 saturated carbocycles. The third-order valence-electron chi connectivity index (χ3n) is 4.50. The molecule has 1 aromatic carbocycles. The van der Waals surface area contributed by atoms with Crippen molar-refractivity contribution in [2.45, 2.75) is 24.3 Å². The van der Waals surface area contributed by atoms with Crippen LogP contribution in [0.15, 0.2) is 35.8 Å². The van der Waals surface area contributed by atoms with Crippen molar-refractivity contribution in [2.75, 3.05) is 19.5 Å². The van der Waals surface area contributed by atoms with E-state index in [0.717, 1.165) is 5.56 Å². The second kappa shape index (κ2) is 5.01. The molecule has 22 heavy (non-hydrogen) atoms. The second-order valence-corrected chi connectivity index (χ2v) is 5.41. The van der Waals surface area contributed by atoms with E-state index >= 15 is 0 Å². The Kier molecular flexibility index (Phi) is 3.27. The van der Waals surface area contributed by atoms with Gasteiger partial charge in [-0.25, -0.2) is 0 Å². The number of carbonyl (C=O) groups is 1. The zero-order chi connectivity index (χ0) is 15.9. The Morgan fingerprint density at radius 3 is 2.59 bits per heavy atom. The highest BCUT2D eigenvalue weighted by Gasteiger charge is 2.63. The summed E-state index contributed by atoms with van der Waals surface area (Å²) in [6.07, 6.45) is 0.135. The standard InChI is InChI=1S/C15H16N2O5/c1-21-12-7-10-9-5-3-4-6-11(9)16-14(18)15(10,17(19)20)8-13(12)22-2/h3-6,10H,7-8H2,1-2H3,(H,16,18)/t10-,15+/m0/s1. The molecular weight excluding hydrogens is 288 g/mol. The van der Waals surface area contributed by atoms with Gasteiger partial charge in [0.25, 0.3) is 0 Å². The van der Waals surface area contributed by atoms with Crippen LogP contribution in [0.3, 0.4) is 0 Å². The molecule has 7 nitrogen and oxygen atoms in total. The summed E-state index contributed by atoms with van der Waals surface area (Å²) in [5.74, 6) is -0.285. The van der Waals surface area contributed by atoms with Crippen LogP contribution < -0.4 is 5.32 Å². The number of anilines is 1. The average Bonchev–Trinajstić information content (AvgIpc) is 2.53. The Balaban J connectivity index is 2.21. The SMILES string of the molecule is COC1=C(OC)C[C@]2([N+](=O)[O-])C(=O)Nc3ccccc3[C@@H]2C1. The van der Waals surface area contributed by atoms with Crippen LogP contribution in [0.25, 0.3) is 0 Å². The predicted molar refractivity (Wildman–Crippen MR) is 77.8 cm³/mol. The van der Waals surface area contributed by atoms with Crippen LogP contribution in [-0.4, -0.2) is 30.6 Å². The largest absolute Gasteiger partial charge is 0.498 e. The summed E-state index contributed by atoms with van der Waals surface area (Å²) in [5, 5.41) is 14.5. The minimum absolute atomic E-state index is 0.121. The van der Waals surface area contributed by atoms with Crippen LogP contribution in [0.1, 0.15) is 24.3 Å². The van der Waals surface area contributed by atoms with E-state index in [4.69, 9.17) is 9.47 Å². The first kappa shape index (κ1) is 14.4. The molecule has 2 atom stereocenters. The molecule has 1 aliphatic carbocycles. The van der Waals surface area contributed by atoms with Crippen LogP contribution >= 0.6 is 0 Å². The molecule has 1 aromatic rings. The Morgan fingerprint density at radius 2 is 1.95 bits per heavy atom. The molecule has 1 aliphatic heterocycles. The molecule has 3 rings (SSSR count). The summed E-state index contributed by atoms with van der Waals surface area (Å²) < 4.78 is 10.5. The third-order valence-corrected chi connectivity index (χ3v) is 4.50. The first-order chi connectivity index (χ1) is 10.5. The highest BCUT2D eigenvalue weighted by atomic mass is 16.6. The van der Waals surface area contributed by atoms with Crippen LogP contribution in [0, 0.1) is 10.1 Å². The summed E-state index contributed by atoms with van der Waals surface area (Å²) in [7, 11) is 2.93. The zero-order valence-corrected chi connectivity index (χ0v) is 12.3. The van der Waals surface area contributed by atoms with Crippen molar-refractivity contribution in [3.63, 3.8) is 0 Å².